The molecule has 23 heavy (non-hydrogen) atoms. The molecule has 1 aliphatic rings. The van der Waals surface area contributed by atoms with Gasteiger partial charge in [-0.25, -0.2) is 9.97 Å². The number of hydrogen-bond acceptors (Lipinski definition) is 7. The van der Waals surface area contributed by atoms with Crippen molar-refractivity contribution in [3.05, 3.63) is 27.5 Å². The maximum absolute atomic E-state index is 6.14. The molecule has 0 aromatic carbocycles. The monoisotopic (exact) mass is 346 g/mol. The molecule has 2 N–H and O–H groups in total. The zero-order valence-corrected chi connectivity index (χ0v) is 14.8. The molecule has 3 aromatic heterocycles. The summed E-state index contributed by atoms with van der Waals surface area (Å²) in [6.45, 7) is 4.16. The highest BCUT2D eigenvalue weighted by molar-refractivity contribution is 7.98. The lowest BCUT2D eigenvalue weighted by Crippen LogP contribution is -2.01. The van der Waals surface area contributed by atoms with Crippen molar-refractivity contribution in [2.45, 2.75) is 50.4 Å². The Kier molecular flexibility index (Phi) is 3.77. The predicted molar refractivity (Wildman–Crippen MR) is 94.0 cm³/mol. The van der Waals surface area contributed by atoms with E-state index in [0.29, 0.717) is 11.0 Å². The lowest BCUT2D eigenvalue weighted by Gasteiger charge is -2.08. The first-order valence-corrected chi connectivity index (χ1v) is 9.56. The van der Waals surface area contributed by atoms with Gasteiger partial charge in [-0.15, -0.1) is 11.3 Å². The van der Waals surface area contributed by atoms with Crippen LogP contribution in [0.25, 0.3) is 10.2 Å². The molecule has 0 amide bonds. The van der Waals surface area contributed by atoms with Crippen LogP contribution in [0, 0.1) is 13.8 Å². The summed E-state index contributed by atoms with van der Waals surface area (Å²) in [5, 5.41) is 5.94. The number of rotatable bonds is 3. The van der Waals surface area contributed by atoms with E-state index in [1.807, 2.05) is 0 Å². The van der Waals surface area contributed by atoms with E-state index in [1.165, 1.54) is 28.8 Å². The number of nitrogens with two attached hydrogens (primary N) is 1. The van der Waals surface area contributed by atoms with Gasteiger partial charge in [0.1, 0.15) is 16.4 Å². The van der Waals surface area contributed by atoms with Crippen molar-refractivity contribution >= 4 is 39.1 Å². The van der Waals surface area contributed by atoms with Gasteiger partial charge in [0.15, 0.2) is 5.16 Å². The second-order valence-electron chi connectivity index (χ2n) is 5.88. The summed E-state index contributed by atoms with van der Waals surface area (Å²) >= 11 is 3.25. The van der Waals surface area contributed by atoms with E-state index >= 15 is 0 Å². The average Bonchev–Trinajstić information content (AvgIpc) is 3.07. The Morgan fingerprint density at radius 1 is 1.22 bits per heavy atom. The number of hydrogen-bond donors (Lipinski definition) is 1. The van der Waals surface area contributed by atoms with Crippen LogP contribution >= 0.6 is 23.1 Å². The molecule has 0 bridgehead atoms. The number of fused-ring (bicyclic) bond motifs is 2. The smallest absolute Gasteiger partial charge is 0.191 e. The number of anilines is 1. The molecular formula is C16H18N4OS2. The number of nitrogens with zero attached hydrogens (tertiary/aromatic N) is 3. The second-order valence-corrected chi connectivity index (χ2v) is 8.03. The first-order chi connectivity index (χ1) is 11.1. The number of thioether (sulfide) groups is 1. The topological polar surface area (TPSA) is 77.8 Å². The summed E-state index contributed by atoms with van der Waals surface area (Å²) < 4.78 is 5.46. The first kappa shape index (κ1) is 15.0. The minimum atomic E-state index is 0.571. The Labute approximate surface area is 142 Å². The summed E-state index contributed by atoms with van der Waals surface area (Å²) in [5.41, 5.74) is 9.65. The maximum Gasteiger partial charge on any atom is 0.191 e. The largest absolute Gasteiger partial charge is 0.383 e. The Morgan fingerprint density at radius 3 is 2.91 bits per heavy atom. The Bertz CT molecular complexity index is 884. The van der Waals surface area contributed by atoms with E-state index < -0.39 is 0 Å². The Balaban J connectivity index is 1.60. The molecule has 0 aliphatic heterocycles. The van der Waals surface area contributed by atoms with Crippen molar-refractivity contribution in [3.8, 4) is 0 Å². The normalized spacial score (nSPS) is 14.3. The highest BCUT2D eigenvalue weighted by atomic mass is 32.2. The summed E-state index contributed by atoms with van der Waals surface area (Å²) in [7, 11) is 0. The predicted octanol–water partition coefficient (Wildman–Crippen LogP) is 4.05. The second kappa shape index (κ2) is 5.79. The third kappa shape index (κ3) is 2.61. The number of aromatic nitrogens is 3. The van der Waals surface area contributed by atoms with Crippen LogP contribution in [0.4, 0.5) is 5.82 Å². The summed E-state index contributed by atoms with van der Waals surface area (Å²) in [6.07, 6.45) is 4.49. The van der Waals surface area contributed by atoms with Crippen LogP contribution in [0.1, 0.15) is 40.3 Å². The molecule has 7 heteroatoms. The zero-order chi connectivity index (χ0) is 16.0. The van der Waals surface area contributed by atoms with Crippen molar-refractivity contribution in [2.24, 2.45) is 0 Å². The third-order valence-electron chi connectivity index (χ3n) is 4.41. The van der Waals surface area contributed by atoms with Gasteiger partial charge in [-0.05, 0) is 38.7 Å². The van der Waals surface area contributed by atoms with E-state index in [0.717, 1.165) is 40.3 Å². The fourth-order valence-corrected chi connectivity index (χ4v) is 4.93. The molecule has 0 atom stereocenters. The summed E-state index contributed by atoms with van der Waals surface area (Å²) in [6, 6.07) is 0. The van der Waals surface area contributed by atoms with Crippen molar-refractivity contribution in [1.29, 1.82) is 0 Å². The summed E-state index contributed by atoms with van der Waals surface area (Å²) in [4.78, 5) is 11.3. The molecule has 0 fully saturated rings. The molecule has 120 valence electrons. The standard InChI is InChI=1S/C16H18N4OS2/c1-8-9(2)23-15-13(8)14(17)18-16(19-15)22-7-11-10-5-3-4-6-12(10)21-20-11/h3-7H2,1-2H3,(H2,17,18,19). The first-order valence-electron chi connectivity index (χ1n) is 7.76. The van der Waals surface area contributed by atoms with Crippen LogP contribution < -0.4 is 5.73 Å². The van der Waals surface area contributed by atoms with Crippen LogP contribution in [0.2, 0.25) is 0 Å². The van der Waals surface area contributed by atoms with E-state index in [4.69, 9.17) is 10.3 Å². The molecule has 3 aromatic rings. The van der Waals surface area contributed by atoms with Gasteiger partial charge in [-0.3, -0.25) is 0 Å². The van der Waals surface area contributed by atoms with Crippen molar-refractivity contribution < 1.29 is 4.52 Å². The van der Waals surface area contributed by atoms with Gasteiger partial charge in [-0.1, -0.05) is 16.9 Å². The van der Waals surface area contributed by atoms with Crippen LogP contribution in [0.5, 0.6) is 0 Å². The van der Waals surface area contributed by atoms with Crippen LogP contribution in [-0.4, -0.2) is 15.1 Å². The van der Waals surface area contributed by atoms with Gasteiger partial charge in [0.2, 0.25) is 0 Å². The molecular weight excluding hydrogens is 328 g/mol. The zero-order valence-electron chi connectivity index (χ0n) is 13.2. The highest BCUT2D eigenvalue weighted by Crippen LogP contribution is 2.34. The van der Waals surface area contributed by atoms with Gasteiger partial charge in [0, 0.05) is 22.6 Å². The van der Waals surface area contributed by atoms with Gasteiger partial charge < -0.3 is 10.3 Å². The van der Waals surface area contributed by atoms with Crippen molar-refractivity contribution in [2.75, 3.05) is 5.73 Å². The summed E-state index contributed by atoms with van der Waals surface area (Å²) in [5.74, 6) is 2.36. The molecule has 1 aliphatic carbocycles. The number of nitrogen functional groups attached to an aromatic ring is 1. The van der Waals surface area contributed by atoms with E-state index in [2.05, 4.69) is 29.0 Å². The maximum atomic E-state index is 6.14. The van der Waals surface area contributed by atoms with Crippen LogP contribution in [-0.2, 0) is 18.6 Å². The fraction of sp³-hybridized carbons (Fsp3) is 0.438. The number of thiophene rings is 1. The van der Waals surface area contributed by atoms with Gasteiger partial charge in [0.05, 0.1) is 11.1 Å². The lowest BCUT2D eigenvalue weighted by atomic mass is 9.97. The van der Waals surface area contributed by atoms with Crippen molar-refractivity contribution in [3.63, 3.8) is 0 Å². The third-order valence-corrected chi connectivity index (χ3v) is 6.37. The average molecular weight is 346 g/mol. The molecule has 5 nitrogen and oxygen atoms in total. The van der Waals surface area contributed by atoms with E-state index in [9.17, 15) is 0 Å². The van der Waals surface area contributed by atoms with Gasteiger partial charge in [-0.2, -0.15) is 0 Å². The Hall–Kier alpha value is -1.60. The molecule has 0 saturated heterocycles. The van der Waals surface area contributed by atoms with Gasteiger partial charge in [0.25, 0.3) is 0 Å². The molecule has 0 radical (unpaired) electrons. The minimum absolute atomic E-state index is 0.571. The fourth-order valence-electron chi connectivity index (χ4n) is 3.02. The molecule has 0 saturated carbocycles. The molecule has 4 rings (SSSR count). The highest BCUT2D eigenvalue weighted by Gasteiger charge is 2.20. The van der Waals surface area contributed by atoms with E-state index in [1.54, 1.807) is 23.1 Å². The van der Waals surface area contributed by atoms with Crippen molar-refractivity contribution in [1.82, 2.24) is 15.1 Å². The minimum Gasteiger partial charge on any atom is -0.383 e. The molecule has 3 heterocycles. The van der Waals surface area contributed by atoms with Crippen LogP contribution in [0.15, 0.2) is 9.68 Å². The molecule has 0 spiro atoms. The lowest BCUT2D eigenvalue weighted by molar-refractivity contribution is 0.369. The Morgan fingerprint density at radius 2 is 2.04 bits per heavy atom. The quantitative estimate of drug-likeness (QED) is 0.569. The van der Waals surface area contributed by atoms with Gasteiger partial charge >= 0.3 is 0 Å². The number of aryl methyl sites for hydroxylation is 3. The van der Waals surface area contributed by atoms with E-state index in [-0.39, 0.29) is 0 Å². The SMILES string of the molecule is Cc1sc2nc(SCc3noc4c3CCCC4)nc(N)c2c1C. The molecule has 0 unspecified atom stereocenters. The van der Waals surface area contributed by atoms with Crippen LogP contribution in [0.3, 0.4) is 0 Å².